The van der Waals surface area contributed by atoms with Crippen LogP contribution in [0.1, 0.15) is 23.4 Å². The highest BCUT2D eigenvalue weighted by Gasteiger charge is 2.12. The van der Waals surface area contributed by atoms with Crippen molar-refractivity contribution >= 4 is 38.6 Å². The van der Waals surface area contributed by atoms with E-state index < -0.39 is 0 Å². The molecule has 6 heteroatoms. The quantitative estimate of drug-likeness (QED) is 0.636. The molecular weight excluding hydrogens is 328 g/mol. The maximum Gasteiger partial charge on any atom is 0.272 e. The summed E-state index contributed by atoms with van der Waals surface area (Å²) < 4.78 is 1.09. The van der Waals surface area contributed by atoms with Crippen molar-refractivity contribution in [2.24, 2.45) is 0 Å². The third kappa shape index (κ3) is 3.33. The average molecular weight is 341 g/mol. The van der Waals surface area contributed by atoms with E-state index in [0.717, 1.165) is 9.47 Å². The van der Waals surface area contributed by atoms with Crippen LogP contribution in [0.15, 0.2) is 34.1 Å². The fraction of sp³-hybridized carbons (Fsp3) is 0.231. The van der Waals surface area contributed by atoms with Crippen LogP contribution in [0, 0.1) is 17.0 Å². The number of nitrogens with one attached hydrogen (secondary N) is 1. The number of hydrogen-bond donors (Lipinski definition) is 1. The van der Waals surface area contributed by atoms with E-state index in [1.807, 2.05) is 6.07 Å². The van der Waals surface area contributed by atoms with Crippen molar-refractivity contribution in [3.8, 4) is 0 Å². The molecule has 0 saturated carbocycles. The molecule has 4 nitrogen and oxygen atoms in total. The van der Waals surface area contributed by atoms with Crippen molar-refractivity contribution in [1.29, 1.82) is 0 Å². The van der Waals surface area contributed by atoms with Crippen molar-refractivity contribution < 1.29 is 4.92 Å². The molecule has 0 amide bonds. The van der Waals surface area contributed by atoms with Crippen LogP contribution in [0.2, 0.25) is 0 Å². The lowest BCUT2D eigenvalue weighted by molar-refractivity contribution is -0.385. The number of halogens is 1. The van der Waals surface area contributed by atoms with Crippen LogP contribution in [0.5, 0.6) is 0 Å². The third-order valence-corrected chi connectivity index (χ3v) is 4.60. The Labute approximate surface area is 123 Å². The van der Waals surface area contributed by atoms with Gasteiger partial charge in [0.2, 0.25) is 0 Å². The summed E-state index contributed by atoms with van der Waals surface area (Å²) in [6.07, 6.45) is 0. The molecule has 0 bridgehead atoms. The van der Waals surface area contributed by atoms with Gasteiger partial charge < -0.3 is 5.32 Å². The lowest BCUT2D eigenvalue weighted by Crippen LogP contribution is -2.05. The zero-order chi connectivity index (χ0) is 14.0. The fourth-order valence-electron chi connectivity index (χ4n) is 1.83. The van der Waals surface area contributed by atoms with Crippen LogP contribution >= 0.6 is 27.3 Å². The van der Waals surface area contributed by atoms with E-state index in [2.05, 4.69) is 34.2 Å². The standard InChI is InChI=1S/C13H13BrN2O2S/c1-8-7-10(3-4-11(8)16(17)18)15-9(2)12-5-6-13(14)19-12/h3-7,9,15H,1-2H3. The van der Waals surface area contributed by atoms with Gasteiger partial charge in [-0.15, -0.1) is 11.3 Å². The average Bonchev–Trinajstić information content (AvgIpc) is 2.75. The van der Waals surface area contributed by atoms with Gasteiger partial charge in [-0.25, -0.2) is 0 Å². The highest BCUT2D eigenvalue weighted by Crippen LogP contribution is 2.30. The van der Waals surface area contributed by atoms with Gasteiger partial charge in [-0.2, -0.15) is 0 Å². The zero-order valence-electron chi connectivity index (χ0n) is 10.5. The minimum absolute atomic E-state index is 0.150. The number of rotatable bonds is 4. The minimum atomic E-state index is -0.362. The molecule has 19 heavy (non-hydrogen) atoms. The summed E-state index contributed by atoms with van der Waals surface area (Å²) >= 11 is 5.11. The van der Waals surface area contributed by atoms with Crippen LogP contribution in [-0.4, -0.2) is 4.92 Å². The lowest BCUT2D eigenvalue weighted by Gasteiger charge is -2.14. The Bertz CT molecular complexity index is 612. The lowest BCUT2D eigenvalue weighted by atomic mass is 10.1. The molecule has 2 rings (SSSR count). The van der Waals surface area contributed by atoms with E-state index in [1.54, 1.807) is 30.4 Å². The zero-order valence-corrected chi connectivity index (χ0v) is 12.9. The second kappa shape index (κ2) is 5.71. The van der Waals surface area contributed by atoms with E-state index in [1.165, 1.54) is 10.9 Å². The van der Waals surface area contributed by atoms with E-state index in [0.29, 0.717) is 5.56 Å². The highest BCUT2D eigenvalue weighted by atomic mass is 79.9. The molecule has 2 aromatic rings. The first-order valence-corrected chi connectivity index (χ1v) is 7.35. The van der Waals surface area contributed by atoms with Crippen molar-refractivity contribution in [3.05, 3.63) is 54.7 Å². The van der Waals surface area contributed by atoms with Crippen molar-refractivity contribution in [3.63, 3.8) is 0 Å². The summed E-state index contributed by atoms with van der Waals surface area (Å²) in [5.74, 6) is 0. The number of hydrogen-bond acceptors (Lipinski definition) is 4. The summed E-state index contributed by atoms with van der Waals surface area (Å²) in [6, 6.07) is 9.32. The minimum Gasteiger partial charge on any atom is -0.378 e. The Morgan fingerprint density at radius 3 is 2.63 bits per heavy atom. The first-order valence-electron chi connectivity index (χ1n) is 5.74. The first kappa shape index (κ1) is 14.0. The molecule has 1 heterocycles. The van der Waals surface area contributed by atoms with Crippen LogP contribution in [0.3, 0.4) is 0 Å². The van der Waals surface area contributed by atoms with E-state index >= 15 is 0 Å². The van der Waals surface area contributed by atoms with Crippen LogP contribution in [0.25, 0.3) is 0 Å². The van der Waals surface area contributed by atoms with Gasteiger partial charge in [-0.1, -0.05) is 0 Å². The summed E-state index contributed by atoms with van der Waals surface area (Å²) in [4.78, 5) is 11.6. The Morgan fingerprint density at radius 2 is 2.11 bits per heavy atom. The highest BCUT2D eigenvalue weighted by molar-refractivity contribution is 9.11. The van der Waals surface area contributed by atoms with Gasteiger partial charge in [0.1, 0.15) is 0 Å². The second-order valence-corrected chi connectivity index (χ2v) is 6.76. The summed E-state index contributed by atoms with van der Waals surface area (Å²) in [5, 5.41) is 14.1. The maximum atomic E-state index is 10.8. The third-order valence-electron chi connectivity index (χ3n) is 2.80. The molecule has 0 spiro atoms. The largest absolute Gasteiger partial charge is 0.378 e. The topological polar surface area (TPSA) is 55.2 Å². The van der Waals surface area contributed by atoms with Gasteiger partial charge in [0.05, 0.1) is 14.8 Å². The predicted molar refractivity (Wildman–Crippen MR) is 81.9 cm³/mol. The maximum absolute atomic E-state index is 10.8. The number of thiophene rings is 1. The predicted octanol–water partition coefficient (Wildman–Crippen LogP) is 4.90. The SMILES string of the molecule is Cc1cc(NC(C)c2ccc(Br)s2)ccc1[N+](=O)[O-]. The summed E-state index contributed by atoms with van der Waals surface area (Å²) in [6.45, 7) is 3.81. The Balaban J connectivity index is 2.15. The summed E-state index contributed by atoms with van der Waals surface area (Å²) in [7, 11) is 0. The number of aryl methyl sites for hydroxylation is 1. The van der Waals surface area contributed by atoms with Gasteiger partial charge in [0.25, 0.3) is 5.69 Å². The molecule has 0 aliphatic heterocycles. The van der Waals surface area contributed by atoms with Gasteiger partial charge in [-0.05, 0) is 54.0 Å². The van der Waals surface area contributed by atoms with Crippen LogP contribution in [0.4, 0.5) is 11.4 Å². The van der Waals surface area contributed by atoms with Crippen LogP contribution in [-0.2, 0) is 0 Å². The molecule has 1 atom stereocenters. The Hall–Kier alpha value is -1.40. The van der Waals surface area contributed by atoms with E-state index in [4.69, 9.17) is 0 Å². The number of anilines is 1. The normalized spacial score (nSPS) is 12.2. The van der Waals surface area contributed by atoms with Gasteiger partial charge in [0.15, 0.2) is 0 Å². The van der Waals surface area contributed by atoms with Gasteiger partial charge in [-0.3, -0.25) is 10.1 Å². The molecule has 0 fully saturated rings. The molecule has 1 aromatic carbocycles. The molecule has 0 saturated heterocycles. The number of nitrogens with zero attached hydrogens (tertiary/aromatic N) is 1. The molecular formula is C13H13BrN2O2S. The fourth-order valence-corrected chi connectivity index (χ4v) is 3.26. The smallest absolute Gasteiger partial charge is 0.272 e. The molecule has 1 aromatic heterocycles. The van der Waals surface area contributed by atoms with Crippen LogP contribution < -0.4 is 5.32 Å². The first-order chi connectivity index (χ1) is 8.97. The molecule has 0 aliphatic rings. The molecule has 0 aliphatic carbocycles. The van der Waals surface area contributed by atoms with E-state index in [-0.39, 0.29) is 16.7 Å². The van der Waals surface area contributed by atoms with Gasteiger partial charge >= 0.3 is 0 Å². The molecule has 100 valence electrons. The molecule has 0 radical (unpaired) electrons. The van der Waals surface area contributed by atoms with E-state index in [9.17, 15) is 10.1 Å². The summed E-state index contributed by atoms with van der Waals surface area (Å²) in [5.41, 5.74) is 1.70. The van der Waals surface area contributed by atoms with Crippen molar-refractivity contribution in [1.82, 2.24) is 0 Å². The number of nitro groups is 1. The Kier molecular flexibility index (Phi) is 4.21. The molecule has 1 N–H and O–H groups in total. The number of nitro benzene ring substituents is 1. The van der Waals surface area contributed by atoms with Crippen molar-refractivity contribution in [2.45, 2.75) is 19.9 Å². The van der Waals surface area contributed by atoms with Gasteiger partial charge in [0, 0.05) is 22.2 Å². The number of benzene rings is 1. The molecule has 1 unspecified atom stereocenters. The Morgan fingerprint density at radius 1 is 1.37 bits per heavy atom. The monoisotopic (exact) mass is 340 g/mol. The second-order valence-electron chi connectivity index (χ2n) is 4.27. The van der Waals surface area contributed by atoms with Crippen molar-refractivity contribution in [2.75, 3.05) is 5.32 Å².